The molecule has 2 aromatic carbocycles. The van der Waals surface area contributed by atoms with Crippen LogP contribution in [0.2, 0.25) is 0 Å². The summed E-state index contributed by atoms with van der Waals surface area (Å²) in [5.74, 6) is 0.948. The van der Waals surface area contributed by atoms with Crippen molar-refractivity contribution in [3.05, 3.63) is 58.9 Å². The minimum atomic E-state index is 0.00825. The first-order chi connectivity index (χ1) is 11.8. The second-order valence-electron chi connectivity index (χ2n) is 6.98. The van der Waals surface area contributed by atoms with Gasteiger partial charge in [0.15, 0.2) is 0 Å². The van der Waals surface area contributed by atoms with Gasteiger partial charge in [-0.2, -0.15) is 0 Å². The minimum absolute atomic E-state index is 0.00825. The van der Waals surface area contributed by atoms with Gasteiger partial charge in [0, 0.05) is 24.3 Å². The van der Waals surface area contributed by atoms with Gasteiger partial charge in [-0.15, -0.1) is 0 Å². The molecule has 0 saturated heterocycles. The van der Waals surface area contributed by atoms with E-state index in [1.54, 1.807) is 0 Å². The van der Waals surface area contributed by atoms with Crippen LogP contribution in [-0.4, -0.2) is 21.5 Å². The smallest absolute Gasteiger partial charge is 0.258 e. The van der Waals surface area contributed by atoms with Gasteiger partial charge < -0.3 is 9.47 Å². The highest BCUT2D eigenvalue weighted by atomic mass is 16.2. The van der Waals surface area contributed by atoms with Gasteiger partial charge in [0.25, 0.3) is 5.91 Å². The van der Waals surface area contributed by atoms with Gasteiger partial charge in [-0.3, -0.25) is 4.79 Å². The van der Waals surface area contributed by atoms with Crippen molar-refractivity contribution in [1.82, 2.24) is 9.55 Å². The van der Waals surface area contributed by atoms with Gasteiger partial charge >= 0.3 is 0 Å². The quantitative estimate of drug-likeness (QED) is 0.704. The zero-order valence-electron chi connectivity index (χ0n) is 15.8. The van der Waals surface area contributed by atoms with Crippen molar-refractivity contribution in [2.75, 3.05) is 4.90 Å². The fraction of sp³-hybridized carbons (Fsp3) is 0.333. The number of imidazole rings is 1. The summed E-state index contributed by atoms with van der Waals surface area (Å²) in [7, 11) is 1.99. The van der Waals surface area contributed by atoms with Crippen molar-refractivity contribution >= 4 is 22.6 Å². The fourth-order valence-electron chi connectivity index (χ4n) is 3.19. The normalized spacial score (nSPS) is 11.3. The molecule has 1 amide bonds. The Balaban J connectivity index is 2.08. The van der Waals surface area contributed by atoms with Crippen LogP contribution in [0.15, 0.2) is 36.4 Å². The molecule has 0 bridgehead atoms. The fourth-order valence-corrected chi connectivity index (χ4v) is 3.19. The molecule has 0 unspecified atom stereocenters. The number of carbonyl (C=O) groups is 1. The number of nitrogens with zero attached hydrogens (tertiary/aromatic N) is 3. The summed E-state index contributed by atoms with van der Waals surface area (Å²) < 4.78 is 2.04. The van der Waals surface area contributed by atoms with E-state index in [1.807, 2.05) is 62.4 Å². The van der Waals surface area contributed by atoms with Crippen LogP contribution in [-0.2, 0) is 7.05 Å². The highest BCUT2D eigenvalue weighted by Gasteiger charge is 2.23. The number of carbonyl (C=O) groups excluding carboxylic acids is 1. The lowest BCUT2D eigenvalue weighted by Crippen LogP contribution is -2.37. The molecule has 0 spiro atoms. The molecule has 25 heavy (non-hydrogen) atoms. The lowest BCUT2D eigenvalue weighted by molar-refractivity contribution is 0.0980. The Morgan fingerprint density at radius 1 is 1.08 bits per heavy atom. The molecule has 0 radical (unpaired) electrons. The largest absolute Gasteiger partial charge is 0.331 e. The van der Waals surface area contributed by atoms with Gasteiger partial charge in [-0.25, -0.2) is 4.98 Å². The van der Waals surface area contributed by atoms with Gasteiger partial charge in [0.2, 0.25) is 0 Å². The van der Waals surface area contributed by atoms with Gasteiger partial charge in [0.05, 0.1) is 11.0 Å². The molecule has 0 aliphatic heterocycles. The molecule has 0 saturated carbocycles. The number of hydrogen-bond donors (Lipinski definition) is 0. The highest BCUT2D eigenvalue weighted by molar-refractivity contribution is 6.08. The van der Waals surface area contributed by atoms with Crippen LogP contribution in [0.4, 0.5) is 5.69 Å². The van der Waals surface area contributed by atoms with Crippen molar-refractivity contribution in [2.24, 2.45) is 7.05 Å². The zero-order valence-corrected chi connectivity index (χ0v) is 15.8. The molecular formula is C21H25N3O. The Labute approximate surface area is 149 Å². The molecule has 1 heterocycles. The average molecular weight is 335 g/mol. The van der Waals surface area contributed by atoms with Crippen LogP contribution < -0.4 is 4.90 Å². The Morgan fingerprint density at radius 3 is 2.48 bits per heavy atom. The average Bonchev–Trinajstić information content (AvgIpc) is 2.84. The molecule has 3 rings (SSSR count). The van der Waals surface area contributed by atoms with Crippen LogP contribution in [0.25, 0.3) is 11.0 Å². The Kier molecular flexibility index (Phi) is 4.38. The van der Waals surface area contributed by atoms with E-state index < -0.39 is 0 Å². The van der Waals surface area contributed by atoms with Crippen molar-refractivity contribution in [3.8, 4) is 0 Å². The summed E-state index contributed by atoms with van der Waals surface area (Å²) in [5, 5.41) is 0. The number of aryl methyl sites for hydroxylation is 4. The first kappa shape index (κ1) is 17.2. The van der Waals surface area contributed by atoms with Crippen LogP contribution in [0, 0.1) is 20.8 Å². The number of anilines is 1. The molecule has 0 fully saturated rings. The molecule has 0 aliphatic carbocycles. The van der Waals surface area contributed by atoms with Gasteiger partial charge in [-0.05, 0) is 70.0 Å². The van der Waals surface area contributed by atoms with E-state index in [1.165, 1.54) is 0 Å². The molecule has 1 aromatic heterocycles. The van der Waals surface area contributed by atoms with E-state index in [0.29, 0.717) is 5.56 Å². The minimum Gasteiger partial charge on any atom is -0.331 e. The second kappa shape index (κ2) is 6.36. The van der Waals surface area contributed by atoms with Crippen LogP contribution >= 0.6 is 0 Å². The molecule has 0 N–H and O–H groups in total. The Bertz CT molecular complexity index is 953. The van der Waals surface area contributed by atoms with Gasteiger partial charge in [0.1, 0.15) is 5.82 Å². The lowest BCUT2D eigenvalue weighted by atomic mass is 10.1. The third kappa shape index (κ3) is 3.04. The maximum absolute atomic E-state index is 13.3. The van der Waals surface area contributed by atoms with Gasteiger partial charge in [-0.1, -0.05) is 12.1 Å². The molecular weight excluding hydrogens is 310 g/mol. The summed E-state index contributed by atoms with van der Waals surface area (Å²) >= 11 is 0. The van der Waals surface area contributed by atoms with E-state index >= 15 is 0 Å². The highest BCUT2D eigenvalue weighted by Crippen LogP contribution is 2.26. The molecule has 4 heteroatoms. The predicted octanol–water partition coefficient (Wildman–Crippen LogP) is 4.55. The van der Waals surface area contributed by atoms with E-state index in [2.05, 4.69) is 30.1 Å². The third-order valence-electron chi connectivity index (χ3n) is 4.71. The number of fused-ring (bicyclic) bond motifs is 1. The predicted molar refractivity (Wildman–Crippen MR) is 103 cm³/mol. The third-order valence-corrected chi connectivity index (χ3v) is 4.71. The van der Waals surface area contributed by atoms with E-state index in [-0.39, 0.29) is 11.9 Å². The zero-order chi connectivity index (χ0) is 18.3. The number of benzene rings is 2. The van der Waals surface area contributed by atoms with Crippen molar-refractivity contribution < 1.29 is 4.79 Å². The summed E-state index contributed by atoms with van der Waals surface area (Å²) in [6, 6.07) is 12.1. The number of aromatic nitrogens is 2. The number of amides is 1. The Morgan fingerprint density at radius 2 is 1.80 bits per heavy atom. The molecule has 0 aliphatic rings. The van der Waals surface area contributed by atoms with E-state index in [9.17, 15) is 4.79 Å². The summed E-state index contributed by atoms with van der Waals surface area (Å²) in [4.78, 5) is 19.7. The Hall–Kier alpha value is -2.62. The van der Waals surface area contributed by atoms with E-state index in [0.717, 1.165) is 33.7 Å². The molecule has 3 aromatic rings. The molecule has 130 valence electrons. The molecule has 4 nitrogen and oxygen atoms in total. The first-order valence-electron chi connectivity index (χ1n) is 8.63. The summed E-state index contributed by atoms with van der Waals surface area (Å²) in [5.41, 5.74) is 5.78. The standard InChI is InChI=1S/C21H25N3O/c1-13(2)24(20-11-14(3)7-8-15(20)4)21(25)17-9-10-19-18(12-17)22-16(5)23(19)6/h7-13H,1-6H3. The topological polar surface area (TPSA) is 38.1 Å². The SMILES string of the molecule is Cc1ccc(C)c(N(C(=O)c2ccc3c(c2)nc(C)n3C)C(C)C)c1. The van der Waals surface area contributed by atoms with Crippen molar-refractivity contribution in [3.63, 3.8) is 0 Å². The number of hydrogen-bond acceptors (Lipinski definition) is 2. The summed E-state index contributed by atoms with van der Waals surface area (Å²) in [6.07, 6.45) is 0. The summed E-state index contributed by atoms with van der Waals surface area (Å²) in [6.45, 7) is 10.2. The monoisotopic (exact) mass is 335 g/mol. The van der Waals surface area contributed by atoms with Crippen LogP contribution in [0.5, 0.6) is 0 Å². The molecule has 0 atom stereocenters. The number of rotatable bonds is 3. The lowest BCUT2D eigenvalue weighted by Gasteiger charge is -2.29. The van der Waals surface area contributed by atoms with Crippen LogP contribution in [0.1, 0.15) is 41.2 Å². The van der Waals surface area contributed by atoms with Crippen molar-refractivity contribution in [2.45, 2.75) is 40.7 Å². The second-order valence-corrected chi connectivity index (χ2v) is 6.98. The first-order valence-corrected chi connectivity index (χ1v) is 8.63. The van der Waals surface area contributed by atoms with E-state index in [4.69, 9.17) is 0 Å². The van der Waals surface area contributed by atoms with Crippen LogP contribution in [0.3, 0.4) is 0 Å². The maximum Gasteiger partial charge on any atom is 0.258 e. The maximum atomic E-state index is 13.3. The van der Waals surface area contributed by atoms with Crippen molar-refractivity contribution in [1.29, 1.82) is 0 Å².